The third-order valence-corrected chi connectivity index (χ3v) is 2.98. The van der Waals surface area contributed by atoms with Crippen LogP contribution in [0.1, 0.15) is 20.3 Å². The Bertz CT molecular complexity index is 240. The molecule has 1 N–H and O–H groups in total. The molecule has 0 aliphatic heterocycles. The zero-order chi connectivity index (χ0) is 10.2. The molecular weight excluding hydrogens is 194 g/mol. The fraction of sp³-hybridized carbons (Fsp3) is 0.600. The average molecular weight is 211 g/mol. The molecule has 1 atom stereocenters. The van der Waals surface area contributed by atoms with Crippen molar-refractivity contribution < 1.29 is 0 Å². The Morgan fingerprint density at radius 2 is 2.43 bits per heavy atom. The fourth-order valence-electron chi connectivity index (χ4n) is 1.02. The van der Waals surface area contributed by atoms with Crippen LogP contribution in [0.25, 0.3) is 0 Å². The SMILES string of the molecule is CCCNC(C)CSc1ccncn1. The van der Waals surface area contributed by atoms with Gasteiger partial charge < -0.3 is 5.32 Å². The van der Waals surface area contributed by atoms with E-state index in [1.54, 1.807) is 24.3 Å². The highest BCUT2D eigenvalue weighted by molar-refractivity contribution is 7.99. The standard InChI is InChI=1S/C10H17N3S/c1-3-5-12-9(2)7-14-10-4-6-11-8-13-10/h4,6,8-9,12H,3,5,7H2,1-2H3. The number of hydrogen-bond donors (Lipinski definition) is 1. The van der Waals surface area contributed by atoms with Crippen molar-refractivity contribution in [3.63, 3.8) is 0 Å². The molecule has 0 aliphatic carbocycles. The first-order valence-electron chi connectivity index (χ1n) is 4.95. The van der Waals surface area contributed by atoms with Crippen LogP contribution in [0.15, 0.2) is 23.6 Å². The summed E-state index contributed by atoms with van der Waals surface area (Å²) in [4.78, 5) is 8.04. The van der Waals surface area contributed by atoms with Crippen LogP contribution in [-0.2, 0) is 0 Å². The van der Waals surface area contributed by atoms with E-state index >= 15 is 0 Å². The quantitative estimate of drug-likeness (QED) is 0.576. The van der Waals surface area contributed by atoms with Gasteiger partial charge in [0.1, 0.15) is 6.33 Å². The van der Waals surface area contributed by atoms with Crippen molar-refractivity contribution in [2.75, 3.05) is 12.3 Å². The van der Waals surface area contributed by atoms with E-state index < -0.39 is 0 Å². The Kier molecular flexibility index (Phi) is 5.56. The van der Waals surface area contributed by atoms with E-state index in [2.05, 4.69) is 29.1 Å². The highest BCUT2D eigenvalue weighted by atomic mass is 32.2. The topological polar surface area (TPSA) is 37.8 Å². The van der Waals surface area contributed by atoms with Crippen LogP contribution in [0.5, 0.6) is 0 Å². The van der Waals surface area contributed by atoms with Gasteiger partial charge in [-0.25, -0.2) is 9.97 Å². The van der Waals surface area contributed by atoms with Gasteiger partial charge in [0.2, 0.25) is 0 Å². The Balaban J connectivity index is 2.20. The van der Waals surface area contributed by atoms with E-state index in [-0.39, 0.29) is 0 Å². The maximum Gasteiger partial charge on any atom is 0.116 e. The summed E-state index contributed by atoms with van der Waals surface area (Å²) in [5.41, 5.74) is 0. The fourth-order valence-corrected chi connectivity index (χ4v) is 1.84. The maximum atomic E-state index is 4.16. The summed E-state index contributed by atoms with van der Waals surface area (Å²) in [7, 11) is 0. The second-order valence-electron chi connectivity index (χ2n) is 3.21. The molecule has 3 nitrogen and oxygen atoms in total. The van der Waals surface area contributed by atoms with Gasteiger partial charge in [0, 0.05) is 18.0 Å². The zero-order valence-electron chi connectivity index (χ0n) is 8.73. The van der Waals surface area contributed by atoms with Crippen LogP contribution in [0, 0.1) is 0 Å². The van der Waals surface area contributed by atoms with E-state index in [1.807, 2.05) is 6.07 Å². The van der Waals surface area contributed by atoms with E-state index in [0.29, 0.717) is 6.04 Å². The molecule has 0 amide bonds. The summed E-state index contributed by atoms with van der Waals surface area (Å²) in [6.07, 6.45) is 4.55. The summed E-state index contributed by atoms with van der Waals surface area (Å²) >= 11 is 1.77. The van der Waals surface area contributed by atoms with Crippen molar-refractivity contribution >= 4 is 11.8 Å². The molecule has 1 rings (SSSR count). The van der Waals surface area contributed by atoms with Crippen molar-refractivity contribution in [3.8, 4) is 0 Å². The van der Waals surface area contributed by atoms with Crippen molar-refractivity contribution in [3.05, 3.63) is 18.6 Å². The minimum absolute atomic E-state index is 0.537. The molecule has 14 heavy (non-hydrogen) atoms. The lowest BCUT2D eigenvalue weighted by Crippen LogP contribution is -2.28. The molecular formula is C10H17N3S. The van der Waals surface area contributed by atoms with Crippen molar-refractivity contribution in [2.45, 2.75) is 31.3 Å². The van der Waals surface area contributed by atoms with E-state index in [0.717, 1.165) is 17.3 Å². The summed E-state index contributed by atoms with van der Waals surface area (Å²) in [5, 5.41) is 4.48. The number of hydrogen-bond acceptors (Lipinski definition) is 4. The summed E-state index contributed by atoms with van der Waals surface area (Å²) in [5.74, 6) is 1.05. The number of nitrogens with one attached hydrogen (secondary N) is 1. The van der Waals surface area contributed by atoms with Crippen LogP contribution in [0.3, 0.4) is 0 Å². The Labute approximate surface area is 89.7 Å². The lowest BCUT2D eigenvalue weighted by atomic mass is 10.3. The monoisotopic (exact) mass is 211 g/mol. The van der Waals surface area contributed by atoms with Crippen molar-refractivity contribution in [1.29, 1.82) is 0 Å². The van der Waals surface area contributed by atoms with Crippen LogP contribution in [-0.4, -0.2) is 28.3 Å². The van der Waals surface area contributed by atoms with Crippen LogP contribution in [0.2, 0.25) is 0 Å². The van der Waals surface area contributed by atoms with E-state index in [1.165, 1.54) is 6.42 Å². The Morgan fingerprint density at radius 3 is 3.07 bits per heavy atom. The van der Waals surface area contributed by atoms with Gasteiger partial charge in [0.25, 0.3) is 0 Å². The molecule has 4 heteroatoms. The molecule has 0 aliphatic rings. The summed E-state index contributed by atoms with van der Waals surface area (Å²) in [6.45, 7) is 5.46. The van der Waals surface area contributed by atoms with Crippen LogP contribution < -0.4 is 5.32 Å². The van der Waals surface area contributed by atoms with Gasteiger partial charge in [-0.3, -0.25) is 0 Å². The Morgan fingerprint density at radius 1 is 1.57 bits per heavy atom. The van der Waals surface area contributed by atoms with Gasteiger partial charge >= 0.3 is 0 Å². The molecule has 1 heterocycles. The van der Waals surface area contributed by atoms with Gasteiger partial charge in [-0.1, -0.05) is 6.92 Å². The van der Waals surface area contributed by atoms with Crippen molar-refractivity contribution in [1.82, 2.24) is 15.3 Å². The first-order chi connectivity index (χ1) is 6.83. The Hall–Kier alpha value is -0.610. The molecule has 1 aromatic heterocycles. The van der Waals surface area contributed by atoms with Gasteiger partial charge in [-0.2, -0.15) is 0 Å². The lowest BCUT2D eigenvalue weighted by Gasteiger charge is -2.11. The average Bonchev–Trinajstić information content (AvgIpc) is 2.25. The third kappa shape index (κ3) is 4.58. The van der Waals surface area contributed by atoms with Gasteiger partial charge in [-0.05, 0) is 26.0 Å². The highest BCUT2D eigenvalue weighted by Crippen LogP contribution is 2.14. The van der Waals surface area contributed by atoms with Crippen LogP contribution in [0.4, 0.5) is 0 Å². The van der Waals surface area contributed by atoms with Crippen LogP contribution >= 0.6 is 11.8 Å². The molecule has 0 saturated heterocycles. The first-order valence-corrected chi connectivity index (χ1v) is 5.93. The predicted molar refractivity (Wildman–Crippen MR) is 60.5 cm³/mol. The molecule has 1 unspecified atom stereocenters. The second kappa shape index (κ2) is 6.79. The maximum absolute atomic E-state index is 4.16. The number of rotatable bonds is 6. The van der Waals surface area contributed by atoms with Crippen molar-refractivity contribution in [2.24, 2.45) is 0 Å². The minimum atomic E-state index is 0.537. The first kappa shape index (κ1) is 11.5. The van der Waals surface area contributed by atoms with E-state index in [4.69, 9.17) is 0 Å². The van der Waals surface area contributed by atoms with E-state index in [9.17, 15) is 0 Å². The smallest absolute Gasteiger partial charge is 0.116 e. The van der Waals surface area contributed by atoms with Gasteiger partial charge in [-0.15, -0.1) is 11.8 Å². The molecule has 0 aromatic carbocycles. The summed E-state index contributed by atoms with van der Waals surface area (Å²) in [6, 6.07) is 2.48. The zero-order valence-corrected chi connectivity index (χ0v) is 9.55. The lowest BCUT2D eigenvalue weighted by molar-refractivity contribution is 0.590. The third-order valence-electron chi connectivity index (χ3n) is 1.78. The largest absolute Gasteiger partial charge is 0.313 e. The number of aromatic nitrogens is 2. The molecule has 0 radical (unpaired) electrons. The van der Waals surface area contributed by atoms with Gasteiger partial charge in [0.05, 0.1) is 5.03 Å². The number of thioether (sulfide) groups is 1. The molecule has 0 bridgehead atoms. The molecule has 0 spiro atoms. The summed E-state index contributed by atoms with van der Waals surface area (Å²) < 4.78 is 0. The highest BCUT2D eigenvalue weighted by Gasteiger charge is 2.01. The van der Waals surface area contributed by atoms with Gasteiger partial charge in [0.15, 0.2) is 0 Å². The molecule has 1 aromatic rings. The molecule has 0 fully saturated rings. The molecule has 78 valence electrons. The number of nitrogens with zero attached hydrogens (tertiary/aromatic N) is 2. The predicted octanol–water partition coefficient (Wildman–Crippen LogP) is 1.96. The molecule has 0 saturated carbocycles. The normalized spacial score (nSPS) is 12.7. The second-order valence-corrected chi connectivity index (χ2v) is 4.25. The minimum Gasteiger partial charge on any atom is -0.313 e.